The molecule has 0 atom stereocenters. The standard InChI is InChI=1S/C32H38F2/c1-3-5-6-8-23-11-16-26(17-12-23)27-18-13-24(14-19-27)9-10-25-15-20-28-22-29(7-4-2)31(33)32(34)30(28)21-25/h6,8,13-15,18-23,26H,3-5,7,9-12,16-17H2,1-2H3/b8-6+. The van der Waals surface area contributed by atoms with Gasteiger partial charge in [0.25, 0.3) is 0 Å². The van der Waals surface area contributed by atoms with Gasteiger partial charge in [0.05, 0.1) is 0 Å². The van der Waals surface area contributed by atoms with Crippen molar-refractivity contribution in [2.45, 2.75) is 84.0 Å². The van der Waals surface area contributed by atoms with E-state index in [2.05, 4.69) is 49.4 Å². The molecule has 1 saturated carbocycles. The zero-order valence-corrected chi connectivity index (χ0v) is 20.8. The molecule has 0 aromatic heterocycles. The van der Waals surface area contributed by atoms with Gasteiger partial charge in [-0.15, -0.1) is 0 Å². The van der Waals surface area contributed by atoms with Gasteiger partial charge in [0.1, 0.15) is 0 Å². The summed E-state index contributed by atoms with van der Waals surface area (Å²) in [6.07, 6.45) is 15.5. The van der Waals surface area contributed by atoms with E-state index in [1.54, 1.807) is 6.07 Å². The van der Waals surface area contributed by atoms with E-state index < -0.39 is 11.6 Å². The zero-order chi connectivity index (χ0) is 23.9. The van der Waals surface area contributed by atoms with Crippen LogP contribution in [-0.2, 0) is 19.3 Å². The summed E-state index contributed by atoms with van der Waals surface area (Å²) >= 11 is 0. The van der Waals surface area contributed by atoms with Crippen LogP contribution in [-0.4, -0.2) is 0 Å². The Bertz CT molecular complexity index is 1100. The fourth-order valence-electron chi connectivity index (χ4n) is 5.38. The van der Waals surface area contributed by atoms with Crippen molar-refractivity contribution in [2.75, 3.05) is 0 Å². The van der Waals surface area contributed by atoms with Crippen LogP contribution in [0, 0.1) is 17.6 Å². The molecule has 0 heterocycles. The summed E-state index contributed by atoms with van der Waals surface area (Å²) in [5, 5.41) is 1.18. The predicted molar refractivity (Wildman–Crippen MR) is 140 cm³/mol. The first-order valence-electron chi connectivity index (χ1n) is 13.2. The first-order chi connectivity index (χ1) is 16.6. The number of unbranched alkanes of at least 4 members (excludes halogenated alkanes) is 1. The van der Waals surface area contributed by atoms with Crippen molar-refractivity contribution in [3.8, 4) is 0 Å². The molecule has 4 rings (SSSR count). The van der Waals surface area contributed by atoms with Crippen LogP contribution in [0.3, 0.4) is 0 Å². The van der Waals surface area contributed by atoms with E-state index in [4.69, 9.17) is 0 Å². The molecular weight excluding hydrogens is 422 g/mol. The molecular formula is C32H38F2. The maximum Gasteiger partial charge on any atom is 0.166 e. The summed E-state index contributed by atoms with van der Waals surface area (Å²) in [6, 6.07) is 16.7. The van der Waals surface area contributed by atoms with Crippen LogP contribution in [0.5, 0.6) is 0 Å². The highest BCUT2D eigenvalue weighted by molar-refractivity contribution is 5.84. The SMILES string of the molecule is CCC/C=C/C1CCC(c2ccc(CCc3ccc4cc(CCC)c(F)c(F)c4c3)cc2)CC1. The van der Waals surface area contributed by atoms with Crippen LogP contribution in [0.2, 0.25) is 0 Å². The van der Waals surface area contributed by atoms with Gasteiger partial charge in [-0.3, -0.25) is 0 Å². The number of benzene rings is 3. The molecule has 0 aliphatic heterocycles. The van der Waals surface area contributed by atoms with Gasteiger partial charge in [0.15, 0.2) is 11.6 Å². The van der Waals surface area contributed by atoms with Crippen LogP contribution in [0.4, 0.5) is 8.78 Å². The van der Waals surface area contributed by atoms with Gasteiger partial charge in [-0.05, 0) is 103 Å². The molecule has 1 fully saturated rings. The van der Waals surface area contributed by atoms with Gasteiger partial charge in [0, 0.05) is 5.39 Å². The van der Waals surface area contributed by atoms with E-state index in [0.717, 1.165) is 36.1 Å². The van der Waals surface area contributed by atoms with Crippen molar-refractivity contribution in [3.63, 3.8) is 0 Å². The van der Waals surface area contributed by atoms with Crippen molar-refractivity contribution in [1.82, 2.24) is 0 Å². The molecule has 3 aromatic rings. The number of fused-ring (bicyclic) bond motifs is 1. The van der Waals surface area contributed by atoms with Gasteiger partial charge < -0.3 is 0 Å². The third kappa shape index (κ3) is 5.95. The van der Waals surface area contributed by atoms with Crippen LogP contribution >= 0.6 is 0 Å². The smallest absolute Gasteiger partial charge is 0.166 e. The summed E-state index contributed by atoms with van der Waals surface area (Å²) in [4.78, 5) is 0. The lowest BCUT2D eigenvalue weighted by Gasteiger charge is -2.27. The Balaban J connectivity index is 1.35. The summed E-state index contributed by atoms with van der Waals surface area (Å²) < 4.78 is 29.1. The lowest BCUT2D eigenvalue weighted by Crippen LogP contribution is -2.11. The first kappa shape index (κ1) is 24.6. The second-order valence-electron chi connectivity index (χ2n) is 10.0. The van der Waals surface area contributed by atoms with Gasteiger partial charge in [0.2, 0.25) is 0 Å². The molecule has 0 nitrogen and oxygen atoms in total. The normalized spacial score (nSPS) is 18.7. The monoisotopic (exact) mass is 460 g/mol. The molecule has 0 amide bonds. The minimum Gasteiger partial charge on any atom is -0.203 e. The fourth-order valence-corrected chi connectivity index (χ4v) is 5.38. The molecule has 34 heavy (non-hydrogen) atoms. The topological polar surface area (TPSA) is 0 Å². The highest BCUT2D eigenvalue weighted by atomic mass is 19.2. The molecule has 1 aliphatic carbocycles. The van der Waals surface area contributed by atoms with E-state index in [-0.39, 0.29) is 0 Å². The average molecular weight is 461 g/mol. The van der Waals surface area contributed by atoms with Crippen LogP contribution in [0.25, 0.3) is 10.8 Å². The lowest BCUT2D eigenvalue weighted by atomic mass is 9.78. The minimum atomic E-state index is -0.706. The summed E-state index contributed by atoms with van der Waals surface area (Å²) in [5.74, 6) is 0.0530. The van der Waals surface area contributed by atoms with Gasteiger partial charge in [-0.25, -0.2) is 8.78 Å². The predicted octanol–water partition coefficient (Wildman–Crippen LogP) is 9.49. The lowest BCUT2D eigenvalue weighted by molar-refractivity contribution is 0.375. The molecule has 0 radical (unpaired) electrons. The van der Waals surface area contributed by atoms with Crippen molar-refractivity contribution >= 4 is 10.8 Å². The number of hydrogen-bond acceptors (Lipinski definition) is 0. The Labute approximate surface area is 204 Å². The second-order valence-corrected chi connectivity index (χ2v) is 10.0. The molecule has 0 bridgehead atoms. The first-order valence-corrected chi connectivity index (χ1v) is 13.2. The van der Waals surface area contributed by atoms with E-state index in [9.17, 15) is 8.78 Å². The number of rotatable bonds is 9. The number of aryl methyl sites for hydroxylation is 3. The van der Waals surface area contributed by atoms with Crippen LogP contribution in [0.15, 0.2) is 60.7 Å². The molecule has 0 N–H and O–H groups in total. The Morgan fingerprint density at radius 1 is 0.765 bits per heavy atom. The molecule has 3 aromatic carbocycles. The van der Waals surface area contributed by atoms with Crippen molar-refractivity contribution in [1.29, 1.82) is 0 Å². The van der Waals surface area contributed by atoms with E-state index in [1.807, 2.05) is 19.1 Å². The largest absolute Gasteiger partial charge is 0.203 e. The van der Waals surface area contributed by atoms with E-state index in [0.29, 0.717) is 23.3 Å². The Morgan fingerprint density at radius 2 is 1.47 bits per heavy atom. The minimum absolute atomic E-state index is 0.394. The number of allylic oxidation sites excluding steroid dienone is 2. The molecule has 180 valence electrons. The highest BCUT2D eigenvalue weighted by Crippen LogP contribution is 2.36. The molecule has 0 saturated heterocycles. The van der Waals surface area contributed by atoms with Crippen molar-refractivity contribution in [3.05, 3.63) is 94.6 Å². The van der Waals surface area contributed by atoms with Crippen molar-refractivity contribution in [2.24, 2.45) is 5.92 Å². The summed E-state index contributed by atoms with van der Waals surface area (Å²) in [7, 11) is 0. The third-order valence-corrected chi connectivity index (χ3v) is 7.47. The number of halogens is 2. The maximum atomic E-state index is 14.7. The van der Waals surface area contributed by atoms with E-state index >= 15 is 0 Å². The average Bonchev–Trinajstić information content (AvgIpc) is 2.87. The third-order valence-electron chi connectivity index (χ3n) is 7.47. The Kier molecular flexibility index (Phi) is 8.53. The van der Waals surface area contributed by atoms with Gasteiger partial charge >= 0.3 is 0 Å². The molecule has 0 unspecified atom stereocenters. The second kappa shape index (κ2) is 11.8. The highest BCUT2D eigenvalue weighted by Gasteiger charge is 2.20. The van der Waals surface area contributed by atoms with Gasteiger partial charge in [-0.1, -0.05) is 75.2 Å². The Hall–Kier alpha value is -2.48. The maximum absolute atomic E-state index is 14.7. The van der Waals surface area contributed by atoms with E-state index in [1.165, 1.54) is 49.7 Å². The fraction of sp³-hybridized carbons (Fsp3) is 0.438. The van der Waals surface area contributed by atoms with Crippen LogP contribution in [0.1, 0.15) is 87.0 Å². The quantitative estimate of drug-likeness (QED) is 0.279. The van der Waals surface area contributed by atoms with Crippen molar-refractivity contribution < 1.29 is 8.78 Å². The molecule has 2 heteroatoms. The zero-order valence-electron chi connectivity index (χ0n) is 20.8. The Morgan fingerprint density at radius 3 is 2.18 bits per heavy atom. The summed E-state index contributed by atoms with van der Waals surface area (Å²) in [5.41, 5.74) is 4.28. The molecule has 0 spiro atoms. The van der Waals surface area contributed by atoms with Gasteiger partial charge in [-0.2, -0.15) is 0 Å². The number of hydrogen-bond donors (Lipinski definition) is 0. The summed E-state index contributed by atoms with van der Waals surface area (Å²) in [6.45, 7) is 4.21. The van der Waals surface area contributed by atoms with Crippen LogP contribution < -0.4 is 0 Å². The molecule has 1 aliphatic rings.